The van der Waals surface area contributed by atoms with Crippen LogP contribution in [-0.2, 0) is 14.8 Å². The lowest BCUT2D eigenvalue weighted by molar-refractivity contribution is -0.120. The number of carbonyl (C=O) groups is 1. The summed E-state index contributed by atoms with van der Waals surface area (Å²) in [6, 6.07) is 6.95. The minimum absolute atomic E-state index is 0.110. The number of rotatable bonds is 8. The smallest absolute Gasteiger partial charge is 0.232 e. The molecule has 7 heteroatoms. The molecule has 0 aromatic heterocycles. The molecule has 21 heavy (non-hydrogen) atoms. The van der Waals surface area contributed by atoms with Crippen LogP contribution in [0.15, 0.2) is 24.3 Å². The highest BCUT2D eigenvalue weighted by molar-refractivity contribution is 7.92. The highest BCUT2D eigenvalue weighted by Gasteiger charge is 2.20. The number of hydrogen-bond donors (Lipinski definition) is 1. The molecular formula is C14H22N2O4S. The summed E-state index contributed by atoms with van der Waals surface area (Å²) in [7, 11) is -3.46. The Balaban J connectivity index is 2.96. The summed E-state index contributed by atoms with van der Waals surface area (Å²) < 4.78 is 30.7. The molecule has 0 unspecified atom stereocenters. The Morgan fingerprint density at radius 3 is 2.52 bits per heavy atom. The highest BCUT2D eigenvalue weighted by Crippen LogP contribution is 2.29. The molecule has 6 nitrogen and oxygen atoms in total. The number of carbonyl (C=O) groups excluding carboxylic acids is 1. The molecular weight excluding hydrogens is 292 g/mol. The van der Waals surface area contributed by atoms with Gasteiger partial charge in [0, 0.05) is 13.0 Å². The topological polar surface area (TPSA) is 75.7 Å². The predicted octanol–water partition coefficient (Wildman–Crippen LogP) is 1.38. The molecule has 0 heterocycles. The first kappa shape index (κ1) is 17.3. The fraction of sp³-hybridized carbons (Fsp3) is 0.500. The first-order chi connectivity index (χ1) is 9.90. The molecule has 118 valence electrons. The third-order valence-electron chi connectivity index (χ3n) is 2.79. The number of para-hydroxylation sites is 2. The fourth-order valence-electron chi connectivity index (χ4n) is 1.83. The number of benzene rings is 1. The van der Waals surface area contributed by atoms with Gasteiger partial charge in [-0.1, -0.05) is 19.1 Å². The molecule has 0 aliphatic carbocycles. The Kier molecular flexibility index (Phi) is 6.48. The van der Waals surface area contributed by atoms with E-state index >= 15 is 0 Å². The number of hydrogen-bond acceptors (Lipinski definition) is 4. The van der Waals surface area contributed by atoms with Gasteiger partial charge in [0.15, 0.2) is 0 Å². The van der Waals surface area contributed by atoms with Gasteiger partial charge in [-0.25, -0.2) is 8.42 Å². The third-order valence-corrected chi connectivity index (χ3v) is 3.97. The molecule has 1 rings (SSSR count). The maximum absolute atomic E-state index is 12.0. The van der Waals surface area contributed by atoms with Crippen LogP contribution in [0, 0.1) is 0 Å². The van der Waals surface area contributed by atoms with Crippen molar-refractivity contribution in [3.8, 4) is 5.75 Å². The van der Waals surface area contributed by atoms with E-state index in [9.17, 15) is 13.2 Å². The molecule has 1 amide bonds. The van der Waals surface area contributed by atoms with E-state index in [1.54, 1.807) is 31.2 Å². The minimum Gasteiger partial charge on any atom is -0.492 e. The normalized spacial score (nSPS) is 11.0. The van der Waals surface area contributed by atoms with E-state index < -0.39 is 10.0 Å². The van der Waals surface area contributed by atoms with Gasteiger partial charge >= 0.3 is 0 Å². The average molecular weight is 314 g/mol. The van der Waals surface area contributed by atoms with E-state index in [4.69, 9.17) is 4.74 Å². The number of nitrogens with zero attached hydrogens (tertiary/aromatic N) is 1. The first-order valence-electron chi connectivity index (χ1n) is 6.86. The molecule has 1 aromatic rings. The van der Waals surface area contributed by atoms with E-state index in [0.717, 1.165) is 6.26 Å². The van der Waals surface area contributed by atoms with Crippen molar-refractivity contribution in [3.63, 3.8) is 0 Å². The number of nitrogens with one attached hydrogen (secondary N) is 1. The molecule has 0 atom stereocenters. The van der Waals surface area contributed by atoms with Crippen molar-refractivity contribution < 1.29 is 17.9 Å². The first-order valence-corrected chi connectivity index (χ1v) is 8.71. The monoisotopic (exact) mass is 314 g/mol. The summed E-state index contributed by atoms with van der Waals surface area (Å²) in [5, 5.41) is 2.67. The zero-order chi connectivity index (χ0) is 15.9. The standard InChI is InChI=1S/C14H22N2O4S/c1-4-14(17)15-10-11-16(21(3,18)19)12-8-6-7-9-13(12)20-5-2/h6-9H,4-5,10-11H2,1-3H3,(H,15,17). The van der Waals surface area contributed by atoms with Crippen LogP contribution < -0.4 is 14.4 Å². The number of sulfonamides is 1. The van der Waals surface area contributed by atoms with Crippen molar-refractivity contribution >= 4 is 21.6 Å². The minimum atomic E-state index is -3.46. The lowest BCUT2D eigenvalue weighted by Gasteiger charge is -2.24. The maximum atomic E-state index is 12.0. The van der Waals surface area contributed by atoms with Crippen molar-refractivity contribution in [2.24, 2.45) is 0 Å². The average Bonchev–Trinajstić information content (AvgIpc) is 2.43. The summed E-state index contributed by atoms with van der Waals surface area (Å²) in [6.07, 6.45) is 1.51. The Labute approximate surface area is 126 Å². The second-order valence-corrected chi connectivity index (χ2v) is 6.35. The van der Waals surface area contributed by atoms with Crippen LogP contribution in [0.1, 0.15) is 20.3 Å². The van der Waals surface area contributed by atoms with Gasteiger partial charge < -0.3 is 10.1 Å². The van der Waals surface area contributed by atoms with Crippen molar-refractivity contribution in [1.29, 1.82) is 0 Å². The quantitative estimate of drug-likeness (QED) is 0.786. The zero-order valence-electron chi connectivity index (χ0n) is 12.6. The van der Waals surface area contributed by atoms with Crippen LogP contribution in [0.3, 0.4) is 0 Å². The van der Waals surface area contributed by atoms with Gasteiger partial charge in [0.05, 0.1) is 25.1 Å². The van der Waals surface area contributed by atoms with Gasteiger partial charge in [-0.05, 0) is 19.1 Å². The largest absolute Gasteiger partial charge is 0.492 e. The number of amides is 1. The molecule has 0 saturated heterocycles. The summed E-state index contributed by atoms with van der Waals surface area (Å²) in [4.78, 5) is 11.2. The Morgan fingerprint density at radius 2 is 1.95 bits per heavy atom. The van der Waals surface area contributed by atoms with Gasteiger partial charge in [0.2, 0.25) is 15.9 Å². The summed E-state index contributed by atoms with van der Waals surface area (Å²) in [5.74, 6) is 0.397. The van der Waals surface area contributed by atoms with E-state index in [2.05, 4.69) is 5.32 Å². The molecule has 0 bridgehead atoms. The van der Waals surface area contributed by atoms with Crippen molar-refractivity contribution in [2.45, 2.75) is 20.3 Å². The fourth-order valence-corrected chi connectivity index (χ4v) is 2.76. The van der Waals surface area contributed by atoms with Crippen LogP contribution in [0.4, 0.5) is 5.69 Å². The number of anilines is 1. The third kappa shape index (κ3) is 5.26. The lowest BCUT2D eigenvalue weighted by Crippen LogP contribution is -2.38. The highest BCUT2D eigenvalue weighted by atomic mass is 32.2. The molecule has 0 aliphatic heterocycles. The Hall–Kier alpha value is -1.76. The molecule has 0 saturated carbocycles. The maximum Gasteiger partial charge on any atom is 0.232 e. The van der Waals surface area contributed by atoms with E-state index in [1.807, 2.05) is 6.92 Å². The number of ether oxygens (including phenoxy) is 1. The summed E-state index contributed by atoms with van der Waals surface area (Å²) in [5.41, 5.74) is 0.479. The Bertz CT molecular complexity index is 572. The van der Waals surface area contributed by atoms with E-state index in [-0.39, 0.29) is 19.0 Å². The van der Waals surface area contributed by atoms with Gasteiger partial charge in [0.1, 0.15) is 5.75 Å². The van der Waals surface area contributed by atoms with Gasteiger partial charge in [-0.3, -0.25) is 9.10 Å². The predicted molar refractivity (Wildman–Crippen MR) is 83.1 cm³/mol. The molecule has 0 radical (unpaired) electrons. The lowest BCUT2D eigenvalue weighted by atomic mass is 10.3. The van der Waals surface area contributed by atoms with Crippen LogP contribution in [0.2, 0.25) is 0 Å². The Morgan fingerprint density at radius 1 is 1.29 bits per heavy atom. The zero-order valence-corrected chi connectivity index (χ0v) is 13.4. The molecule has 0 fully saturated rings. The van der Waals surface area contributed by atoms with Crippen molar-refractivity contribution in [1.82, 2.24) is 5.32 Å². The molecule has 0 aliphatic rings. The van der Waals surface area contributed by atoms with Crippen LogP contribution >= 0.6 is 0 Å². The van der Waals surface area contributed by atoms with Crippen molar-refractivity contribution in [2.75, 3.05) is 30.3 Å². The van der Waals surface area contributed by atoms with Gasteiger partial charge in [-0.2, -0.15) is 0 Å². The van der Waals surface area contributed by atoms with Crippen LogP contribution in [0.5, 0.6) is 5.75 Å². The van der Waals surface area contributed by atoms with Gasteiger partial charge in [-0.15, -0.1) is 0 Å². The molecule has 1 aromatic carbocycles. The molecule has 0 spiro atoms. The molecule has 1 N–H and O–H groups in total. The van der Waals surface area contributed by atoms with E-state index in [1.165, 1.54) is 4.31 Å². The van der Waals surface area contributed by atoms with Crippen LogP contribution in [-0.4, -0.2) is 40.3 Å². The second kappa shape index (κ2) is 7.87. The van der Waals surface area contributed by atoms with E-state index in [0.29, 0.717) is 24.5 Å². The second-order valence-electron chi connectivity index (χ2n) is 4.44. The van der Waals surface area contributed by atoms with Gasteiger partial charge in [0.25, 0.3) is 0 Å². The SMILES string of the molecule is CCOc1ccccc1N(CCNC(=O)CC)S(C)(=O)=O. The summed E-state index contributed by atoms with van der Waals surface area (Å²) in [6.45, 7) is 4.44. The summed E-state index contributed by atoms with van der Waals surface area (Å²) >= 11 is 0. The van der Waals surface area contributed by atoms with Crippen LogP contribution in [0.25, 0.3) is 0 Å². The van der Waals surface area contributed by atoms with Crippen molar-refractivity contribution in [3.05, 3.63) is 24.3 Å².